The average molecular weight is 285 g/mol. The summed E-state index contributed by atoms with van der Waals surface area (Å²) in [6.45, 7) is 3.77. The van der Waals surface area contributed by atoms with E-state index in [0.29, 0.717) is 12.2 Å². The second-order valence-corrected chi connectivity index (χ2v) is 5.26. The first kappa shape index (κ1) is 13.9. The molecular weight excluding hydrogens is 265 g/mol. The van der Waals surface area contributed by atoms with Crippen molar-refractivity contribution in [2.75, 3.05) is 36.0 Å². The summed E-state index contributed by atoms with van der Waals surface area (Å²) in [5.74, 6) is -0.175. The molecule has 0 unspecified atom stereocenters. The van der Waals surface area contributed by atoms with Crippen LogP contribution in [0.3, 0.4) is 0 Å². The van der Waals surface area contributed by atoms with Gasteiger partial charge in [-0.25, -0.2) is 4.39 Å². The fourth-order valence-corrected chi connectivity index (χ4v) is 2.91. The molecule has 2 aromatic carbocycles. The van der Waals surface area contributed by atoms with Gasteiger partial charge >= 0.3 is 0 Å². The Morgan fingerprint density at radius 3 is 2.19 bits per heavy atom. The number of piperazine rings is 1. The van der Waals surface area contributed by atoms with E-state index in [1.165, 1.54) is 11.8 Å². The van der Waals surface area contributed by atoms with Crippen molar-refractivity contribution in [2.24, 2.45) is 5.73 Å². The number of anilines is 2. The molecule has 0 amide bonds. The Morgan fingerprint density at radius 2 is 1.52 bits per heavy atom. The first-order valence-corrected chi connectivity index (χ1v) is 7.32. The smallest absolute Gasteiger partial charge is 0.146 e. The molecule has 0 bridgehead atoms. The standard InChI is InChI=1S/C17H20FN3/c18-16-8-4-5-14(13-19)17(16)21-11-9-20(10-12-21)15-6-2-1-3-7-15/h1-8H,9-13,19H2. The monoisotopic (exact) mass is 285 g/mol. The lowest BCUT2D eigenvalue weighted by Gasteiger charge is -2.38. The van der Waals surface area contributed by atoms with Crippen molar-refractivity contribution >= 4 is 11.4 Å². The molecule has 2 aromatic rings. The maximum atomic E-state index is 14.1. The van der Waals surface area contributed by atoms with E-state index in [9.17, 15) is 4.39 Å². The van der Waals surface area contributed by atoms with Crippen LogP contribution in [0.15, 0.2) is 48.5 Å². The number of hydrogen-bond acceptors (Lipinski definition) is 3. The Kier molecular flexibility index (Phi) is 4.06. The van der Waals surface area contributed by atoms with E-state index < -0.39 is 0 Å². The highest BCUT2D eigenvalue weighted by Crippen LogP contribution is 2.26. The molecule has 0 aromatic heterocycles. The van der Waals surface area contributed by atoms with Crippen molar-refractivity contribution in [2.45, 2.75) is 6.54 Å². The molecule has 0 radical (unpaired) electrons. The molecule has 4 heteroatoms. The highest BCUT2D eigenvalue weighted by Gasteiger charge is 2.21. The first-order chi connectivity index (χ1) is 10.3. The minimum atomic E-state index is -0.175. The third-order valence-electron chi connectivity index (χ3n) is 4.01. The maximum Gasteiger partial charge on any atom is 0.146 e. The Bertz CT molecular complexity index is 592. The third-order valence-corrected chi connectivity index (χ3v) is 4.01. The molecule has 21 heavy (non-hydrogen) atoms. The summed E-state index contributed by atoms with van der Waals surface area (Å²) in [5, 5.41) is 0. The molecule has 0 saturated carbocycles. The largest absolute Gasteiger partial charge is 0.368 e. The van der Waals surface area contributed by atoms with Gasteiger partial charge < -0.3 is 15.5 Å². The van der Waals surface area contributed by atoms with Crippen LogP contribution in [0.5, 0.6) is 0 Å². The second-order valence-electron chi connectivity index (χ2n) is 5.26. The summed E-state index contributed by atoms with van der Waals surface area (Å²) in [5.41, 5.74) is 8.52. The van der Waals surface area contributed by atoms with Gasteiger partial charge in [0.05, 0.1) is 5.69 Å². The number of benzene rings is 2. The first-order valence-electron chi connectivity index (χ1n) is 7.32. The van der Waals surface area contributed by atoms with Crippen LogP contribution < -0.4 is 15.5 Å². The zero-order chi connectivity index (χ0) is 14.7. The maximum absolute atomic E-state index is 14.1. The molecule has 110 valence electrons. The number of rotatable bonds is 3. The van der Waals surface area contributed by atoms with Gasteiger partial charge in [-0.2, -0.15) is 0 Å². The topological polar surface area (TPSA) is 32.5 Å². The van der Waals surface area contributed by atoms with Gasteiger partial charge in [-0.1, -0.05) is 30.3 Å². The van der Waals surface area contributed by atoms with E-state index in [-0.39, 0.29) is 5.82 Å². The van der Waals surface area contributed by atoms with Gasteiger partial charge in [0.25, 0.3) is 0 Å². The van der Waals surface area contributed by atoms with E-state index in [2.05, 4.69) is 21.9 Å². The quantitative estimate of drug-likeness (QED) is 0.941. The second kappa shape index (κ2) is 6.14. The third kappa shape index (κ3) is 2.85. The van der Waals surface area contributed by atoms with Gasteiger partial charge in [0, 0.05) is 38.4 Å². The van der Waals surface area contributed by atoms with E-state index >= 15 is 0 Å². The summed E-state index contributed by atoms with van der Waals surface area (Å²) >= 11 is 0. The van der Waals surface area contributed by atoms with E-state index in [1.807, 2.05) is 24.3 Å². The van der Waals surface area contributed by atoms with Gasteiger partial charge in [-0.15, -0.1) is 0 Å². The van der Waals surface area contributed by atoms with Crippen LogP contribution in [-0.2, 0) is 6.54 Å². The van der Waals surface area contributed by atoms with Crippen LogP contribution >= 0.6 is 0 Å². The normalized spacial score (nSPS) is 15.3. The van der Waals surface area contributed by atoms with Crippen LogP contribution in [0.1, 0.15) is 5.56 Å². The molecule has 0 spiro atoms. The van der Waals surface area contributed by atoms with Crippen molar-refractivity contribution in [3.05, 3.63) is 59.9 Å². The number of nitrogens with two attached hydrogens (primary N) is 1. The van der Waals surface area contributed by atoms with Crippen LogP contribution in [-0.4, -0.2) is 26.2 Å². The SMILES string of the molecule is NCc1cccc(F)c1N1CCN(c2ccccc2)CC1. The predicted molar refractivity (Wildman–Crippen MR) is 85.2 cm³/mol. The van der Waals surface area contributed by atoms with Crippen LogP contribution in [0.2, 0.25) is 0 Å². The molecule has 2 N–H and O–H groups in total. The van der Waals surface area contributed by atoms with Crippen LogP contribution in [0.25, 0.3) is 0 Å². The predicted octanol–water partition coefficient (Wildman–Crippen LogP) is 2.61. The van der Waals surface area contributed by atoms with Gasteiger partial charge in [-0.05, 0) is 23.8 Å². The lowest BCUT2D eigenvalue weighted by atomic mass is 10.1. The van der Waals surface area contributed by atoms with Gasteiger partial charge in [0.2, 0.25) is 0 Å². The van der Waals surface area contributed by atoms with Gasteiger partial charge in [0.1, 0.15) is 5.82 Å². The minimum absolute atomic E-state index is 0.175. The lowest BCUT2D eigenvalue weighted by Crippen LogP contribution is -2.47. The Morgan fingerprint density at radius 1 is 0.857 bits per heavy atom. The molecule has 1 heterocycles. The number of halogens is 1. The van der Waals surface area contributed by atoms with Gasteiger partial charge in [-0.3, -0.25) is 0 Å². The molecule has 1 saturated heterocycles. The van der Waals surface area contributed by atoms with Crippen LogP contribution in [0, 0.1) is 5.82 Å². The Hall–Kier alpha value is -2.07. The summed E-state index contributed by atoms with van der Waals surface area (Å²) in [4.78, 5) is 4.44. The van der Waals surface area contributed by atoms with E-state index in [4.69, 9.17) is 5.73 Å². The molecule has 0 atom stereocenters. The minimum Gasteiger partial charge on any atom is -0.368 e. The van der Waals surface area contributed by atoms with Crippen molar-refractivity contribution < 1.29 is 4.39 Å². The zero-order valence-electron chi connectivity index (χ0n) is 12.0. The number of para-hydroxylation sites is 2. The van der Waals surface area contributed by atoms with Crippen molar-refractivity contribution in [3.8, 4) is 0 Å². The molecule has 3 rings (SSSR count). The van der Waals surface area contributed by atoms with Crippen LogP contribution in [0.4, 0.5) is 15.8 Å². The molecule has 0 aliphatic carbocycles. The van der Waals surface area contributed by atoms with E-state index in [0.717, 1.165) is 31.7 Å². The lowest BCUT2D eigenvalue weighted by molar-refractivity contribution is 0.594. The number of nitrogens with zero attached hydrogens (tertiary/aromatic N) is 2. The molecular formula is C17H20FN3. The molecule has 1 aliphatic heterocycles. The molecule has 1 fully saturated rings. The fraction of sp³-hybridized carbons (Fsp3) is 0.294. The van der Waals surface area contributed by atoms with Crippen molar-refractivity contribution in [1.29, 1.82) is 0 Å². The Labute approximate surface area is 124 Å². The highest BCUT2D eigenvalue weighted by atomic mass is 19.1. The molecule has 1 aliphatic rings. The highest BCUT2D eigenvalue weighted by molar-refractivity contribution is 5.57. The summed E-state index contributed by atoms with van der Waals surface area (Å²) < 4.78 is 14.1. The van der Waals surface area contributed by atoms with E-state index in [1.54, 1.807) is 6.07 Å². The van der Waals surface area contributed by atoms with Crippen molar-refractivity contribution in [1.82, 2.24) is 0 Å². The number of hydrogen-bond donors (Lipinski definition) is 1. The molecule has 3 nitrogen and oxygen atoms in total. The summed E-state index contributed by atoms with van der Waals surface area (Å²) in [6.07, 6.45) is 0. The Balaban J connectivity index is 1.75. The van der Waals surface area contributed by atoms with Gasteiger partial charge in [0.15, 0.2) is 0 Å². The average Bonchev–Trinajstić information content (AvgIpc) is 2.55. The summed E-state index contributed by atoms with van der Waals surface area (Å²) in [7, 11) is 0. The van der Waals surface area contributed by atoms with Crippen molar-refractivity contribution in [3.63, 3.8) is 0 Å². The zero-order valence-corrected chi connectivity index (χ0v) is 12.0. The fourth-order valence-electron chi connectivity index (χ4n) is 2.91. The summed E-state index contributed by atoms with van der Waals surface area (Å²) in [6, 6.07) is 15.5.